The van der Waals surface area contributed by atoms with Crippen LogP contribution >= 0.6 is 0 Å². The minimum absolute atomic E-state index is 0.115. The number of aromatic amines is 2. The monoisotopic (exact) mass is 782 g/mol. The van der Waals surface area contributed by atoms with Crippen molar-refractivity contribution in [3.8, 4) is 33.6 Å². The molecule has 6 N–H and O–H groups in total. The number of amides is 4. The normalized spacial score (nSPS) is 18.8. The maximum absolute atomic E-state index is 13.3. The van der Waals surface area contributed by atoms with Gasteiger partial charge in [-0.1, -0.05) is 76.2 Å². The van der Waals surface area contributed by atoms with Gasteiger partial charge in [0.15, 0.2) is 0 Å². The number of H-pyrrole nitrogens is 2. The first-order valence-corrected chi connectivity index (χ1v) is 20.0. The Labute approximate surface area is 334 Å². The van der Waals surface area contributed by atoms with E-state index in [1.54, 1.807) is 56.8 Å². The Balaban J connectivity index is 0.000000959. The first-order valence-electron chi connectivity index (χ1n) is 20.0. The van der Waals surface area contributed by atoms with Gasteiger partial charge in [0, 0.05) is 13.1 Å². The standard InChI is InChI=1S/C38H46N8O5.C5H12O/c1-22(2)33(48)36(49)42-24(4)38(51)46-18-6-8-32(46)35-40-20-30(44-35)28-15-11-26(12-16-28)25-9-13-27(14-10-25)29-19-39-34(43-29)31-7-5-17-45(31)37(50)23(3)41-21-47;1-4(2)5(3)6/h9-16,19-24,31-33,48H,5-8,17-18H2,1-4H3,(H,39,43)(H,40,44)(H,41,47)(H,42,49);4-6H,1-3H3/t23-,24-,31-,32-,33?;5-/m00/s1. The fourth-order valence-corrected chi connectivity index (χ4v) is 6.95. The minimum atomic E-state index is -1.17. The summed E-state index contributed by atoms with van der Waals surface area (Å²) in [7, 11) is 0. The second-order valence-electron chi connectivity index (χ2n) is 15.8. The molecule has 4 aromatic rings. The number of likely N-dealkylation sites (tertiary alicyclic amines) is 2. The zero-order valence-corrected chi connectivity index (χ0v) is 34.0. The van der Waals surface area contributed by atoms with Gasteiger partial charge < -0.3 is 40.6 Å². The molecule has 57 heavy (non-hydrogen) atoms. The van der Waals surface area contributed by atoms with Crippen LogP contribution in [0.4, 0.5) is 0 Å². The maximum atomic E-state index is 13.3. The first kappa shape index (κ1) is 42.8. The molecule has 6 atom stereocenters. The van der Waals surface area contributed by atoms with Crippen LogP contribution in [0.5, 0.6) is 0 Å². The van der Waals surface area contributed by atoms with E-state index in [4.69, 9.17) is 5.11 Å². The summed E-state index contributed by atoms with van der Waals surface area (Å²) < 4.78 is 0. The van der Waals surface area contributed by atoms with Crippen LogP contribution in [0, 0.1) is 11.8 Å². The number of aliphatic hydroxyl groups excluding tert-OH is 2. The van der Waals surface area contributed by atoms with Gasteiger partial charge in [-0.05, 0) is 80.5 Å². The number of hydrogen-bond donors (Lipinski definition) is 6. The Morgan fingerprint density at radius 3 is 1.47 bits per heavy atom. The molecular formula is C43H58N8O6. The molecule has 2 aromatic carbocycles. The summed E-state index contributed by atoms with van der Waals surface area (Å²) in [5.41, 5.74) is 5.78. The van der Waals surface area contributed by atoms with Crippen molar-refractivity contribution >= 4 is 24.1 Å². The molecule has 2 aliphatic heterocycles. The van der Waals surface area contributed by atoms with Crippen molar-refractivity contribution in [2.75, 3.05) is 13.1 Å². The van der Waals surface area contributed by atoms with Gasteiger partial charge in [0.1, 0.15) is 29.8 Å². The molecule has 0 saturated carbocycles. The summed E-state index contributed by atoms with van der Waals surface area (Å²) in [6.07, 6.45) is 6.10. The lowest BCUT2D eigenvalue weighted by atomic mass is 10.0. The maximum Gasteiger partial charge on any atom is 0.249 e. The Bertz CT molecular complexity index is 1950. The van der Waals surface area contributed by atoms with Crippen LogP contribution in [0.1, 0.15) is 97.9 Å². The van der Waals surface area contributed by atoms with Gasteiger partial charge in [0.2, 0.25) is 24.1 Å². The lowest BCUT2D eigenvalue weighted by Crippen LogP contribution is -2.50. The van der Waals surface area contributed by atoms with Gasteiger partial charge in [-0.25, -0.2) is 9.97 Å². The molecule has 2 aliphatic rings. The molecule has 6 rings (SSSR count). The van der Waals surface area contributed by atoms with Crippen molar-refractivity contribution in [2.24, 2.45) is 11.8 Å². The highest BCUT2D eigenvalue weighted by Gasteiger charge is 2.36. The molecule has 2 saturated heterocycles. The van der Waals surface area contributed by atoms with Crippen LogP contribution in [0.3, 0.4) is 0 Å². The van der Waals surface area contributed by atoms with E-state index in [1.807, 2.05) is 38.1 Å². The van der Waals surface area contributed by atoms with Crippen LogP contribution < -0.4 is 10.6 Å². The number of benzene rings is 2. The second-order valence-corrected chi connectivity index (χ2v) is 15.8. The molecule has 0 bridgehead atoms. The number of hydrogen-bond acceptors (Lipinski definition) is 8. The average Bonchev–Trinajstić information content (AvgIpc) is 4.04. The summed E-state index contributed by atoms with van der Waals surface area (Å²) in [4.78, 5) is 69.0. The largest absolute Gasteiger partial charge is 0.393 e. The van der Waals surface area contributed by atoms with E-state index in [-0.39, 0.29) is 35.9 Å². The predicted octanol–water partition coefficient (Wildman–Crippen LogP) is 5.14. The van der Waals surface area contributed by atoms with E-state index in [9.17, 15) is 24.3 Å². The topological polar surface area (TPSA) is 197 Å². The third-order valence-electron chi connectivity index (χ3n) is 10.9. The Hall–Kier alpha value is -5.34. The molecule has 306 valence electrons. The predicted molar refractivity (Wildman–Crippen MR) is 218 cm³/mol. The first-order chi connectivity index (χ1) is 27.2. The molecule has 14 nitrogen and oxygen atoms in total. The van der Waals surface area contributed by atoms with Crippen LogP contribution in [-0.4, -0.2) is 101 Å². The van der Waals surface area contributed by atoms with Gasteiger partial charge >= 0.3 is 0 Å². The number of nitrogens with one attached hydrogen (secondary N) is 4. The van der Waals surface area contributed by atoms with E-state index >= 15 is 0 Å². The van der Waals surface area contributed by atoms with Gasteiger partial charge in [-0.2, -0.15) is 0 Å². The number of carbonyl (C=O) groups excluding carboxylic acids is 4. The number of nitrogens with zero attached hydrogens (tertiary/aromatic N) is 4. The Morgan fingerprint density at radius 1 is 0.684 bits per heavy atom. The summed E-state index contributed by atoms with van der Waals surface area (Å²) in [5, 5.41) is 23.9. The highest BCUT2D eigenvalue weighted by molar-refractivity contribution is 5.89. The fourth-order valence-electron chi connectivity index (χ4n) is 6.95. The fraction of sp³-hybridized carbons (Fsp3) is 0.488. The highest BCUT2D eigenvalue weighted by atomic mass is 16.3. The average molecular weight is 783 g/mol. The van der Waals surface area contributed by atoms with E-state index in [0.717, 1.165) is 65.1 Å². The highest BCUT2D eigenvalue weighted by Crippen LogP contribution is 2.34. The SMILES string of the molecule is CC(C)C(O)C(=O)N[C@@H](C)C(=O)N1CCC[C@H]1c1ncc(-c2ccc(-c3ccc(-c4cnc([C@@H]5CCCN5C(=O)[C@H](C)NC=O)[nH]4)cc3)cc2)[nH]1.CC(C)[C@H](C)O. The Kier molecular flexibility index (Phi) is 14.4. The molecule has 2 aromatic heterocycles. The molecule has 2 fully saturated rings. The number of aliphatic hydroxyl groups is 2. The van der Waals surface area contributed by atoms with Crippen LogP contribution in [0.2, 0.25) is 0 Å². The molecule has 4 amide bonds. The third-order valence-corrected chi connectivity index (χ3v) is 10.9. The van der Waals surface area contributed by atoms with Crippen molar-refractivity contribution in [1.82, 2.24) is 40.4 Å². The van der Waals surface area contributed by atoms with Gasteiger partial charge in [0.05, 0.1) is 42.0 Å². The summed E-state index contributed by atoms with van der Waals surface area (Å²) in [6.45, 7) is 13.8. The van der Waals surface area contributed by atoms with Crippen molar-refractivity contribution in [2.45, 2.75) is 111 Å². The molecule has 0 aliphatic carbocycles. The molecular weight excluding hydrogens is 725 g/mol. The van der Waals surface area contributed by atoms with Gasteiger partial charge in [-0.15, -0.1) is 0 Å². The Morgan fingerprint density at radius 2 is 1.09 bits per heavy atom. The zero-order chi connectivity index (χ0) is 41.4. The van der Waals surface area contributed by atoms with E-state index in [2.05, 4.69) is 54.8 Å². The van der Waals surface area contributed by atoms with E-state index < -0.39 is 24.1 Å². The molecule has 14 heteroatoms. The zero-order valence-electron chi connectivity index (χ0n) is 34.0. The second kappa shape index (κ2) is 19.2. The van der Waals surface area contributed by atoms with Crippen molar-refractivity contribution in [1.29, 1.82) is 0 Å². The lowest BCUT2D eigenvalue weighted by molar-refractivity contribution is -0.140. The van der Waals surface area contributed by atoms with Gasteiger partial charge in [0.25, 0.3) is 0 Å². The summed E-state index contributed by atoms with van der Waals surface area (Å²) in [5.74, 6) is 0.745. The van der Waals surface area contributed by atoms with Crippen LogP contribution in [0.25, 0.3) is 33.6 Å². The smallest absolute Gasteiger partial charge is 0.249 e. The number of aromatic nitrogens is 4. The van der Waals surface area contributed by atoms with Crippen molar-refractivity contribution in [3.63, 3.8) is 0 Å². The lowest BCUT2D eigenvalue weighted by Gasteiger charge is -2.27. The number of carbonyl (C=O) groups is 4. The molecule has 0 radical (unpaired) electrons. The third kappa shape index (κ3) is 10.3. The summed E-state index contributed by atoms with van der Waals surface area (Å²) in [6, 6.07) is 14.7. The van der Waals surface area contributed by atoms with Crippen molar-refractivity contribution < 1.29 is 29.4 Å². The number of imidazole rings is 2. The van der Waals surface area contributed by atoms with E-state index in [1.165, 1.54) is 0 Å². The van der Waals surface area contributed by atoms with Crippen molar-refractivity contribution in [3.05, 3.63) is 72.6 Å². The van der Waals surface area contributed by atoms with E-state index in [0.29, 0.717) is 31.2 Å². The molecule has 1 unspecified atom stereocenters. The van der Waals surface area contributed by atoms with Crippen LogP contribution in [0.15, 0.2) is 60.9 Å². The number of rotatable bonds is 13. The quantitative estimate of drug-likeness (QED) is 0.100. The molecule has 0 spiro atoms. The molecule has 4 heterocycles. The summed E-state index contributed by atoms with van der Waals surface area (Å²) >= 11 is 0. The minimum Gasteiger partial charge on any atom is -0.393 e. The van der Waals surface area contributed by atoms with Gasteiger partial charge in [-0.3, -0.25) is 19.2 Å². The van der Waals surface area contributed by atoms with Crippen LogP contribution in [-0.2, 0) is 19.2 Å².